The second-order valence-electron chi connectivity index (χ2n) is 3.87. The molecule has 0 aliphatic rings. The molecular formula is C14H9N5O. The van der Waals surface area contributed by atoms with Gasteiger partial charge in [0.05, 0.1) is 5.69 Å². The summed E-state index contributed by atoms with van der Waals surface area (Å²) in [7, 11) is 0. The molecule has 6 heteroatoms. The number of pyridine rings is 1. The van der Waals surface area contributed by atoms with Gasteiger partial charge in [-0.1, -0.05) is 18.2 Å². The van der Waals surface area contributed by atoms with Crippen molar-refractivity contribution in [3.63, 3.8) is 0 Å². The summed E-state index contributed by atoms with van der Waals surface area (Å²) in [5.74, 6) is 0.334. The Balaban J connectivity index is 1.87. The van der Waals surface area contributed by atoms with E-state index in [-0.39, 0.29) is 11.7 Å². The lowest BCUT2D eigenvalue weighted by atomic mass is 10.3. The summed E-state index contributed by atoms with van der Waals surface area (Å²) in [4.78, 5) is 7.97. The summed E-state index contributed by atoms with van der Waals surface area (Å²) in [5, 5.41) is 13.1. The molecule has 0 spiro atoms. The van der Waals surface area contributed by atoms with Gasteiger partial charge in [0.25, 0.3) is 0 Å². The summed E-state index contributed by atoms with van der Waals surface area (Å²) < 4.78 is 7.07. The van der Waals surface area contributed by atoms with E-state index < -0.39 is 0 Å². The molecule has 2 heterocycles. The molecule has 2 aromatic heterocycles. The maximum atomic E-state index is 8.94. The Kier molecular flexibility index (Phi) is 3.08. The topological polar surface area (TPSA) is 76.6 Å². The van der Waals surface area contributed by atoms with Crippen molar-refractivity contribution in [1.29, 1.82) is 5.26 Å². The number of nitriles is 1. The molecule has 0 saturated carbocycles. The predicted octanol–water partition coefficient (Wildman–Crippen LogP) is 2.33. The van der Waals surface area contributed by atoms with Gasteiger partial charge in [0.2, 0.25) is 0 Å². The van der Waals surface area contributed by atoms with E-state index in [1.165, 1.54) is 6.20 Å². The molecule has 0 bridgehead atoms. The number of aromatic nitrogens is 4. The zero-order chi connectivity index (χ0) is 13.8. The van der Waals surface area contributed by atoms with Gasteiger partial charge in [-0.15, -0.1) is 5.10 Å². The molecule has 0 fully saturated rings. The SMILES string of the molecule is N#Cc1ncccc1Oc1ncn(-c2ccccc2)n1. The standard InChI is InChI=1S/C14H9N5O/c15-9-12-13(7-4-8-16-12)20-14-17-10-19(18-14)11-5-2-1-3-6-11/h1-8,10H. The highest BCUT2D eigenvalue weighted by Gasteiger charge is 2.09. The second kappa shape index (κ2) is 5.20. The Morgan fingerprint density at radius 2 is 1.90 bits per heavy atom. The van der Waals surface area contributed by atoms with E-state index in [1.54, 1.807) is 23.1 Å². The number of hydrogen-bond acceptors (Lipinski definition) is 5. The smallest absolute Gasteiger partial charge is 0.341 e. The van der Waals surface area contributed by atoms with E-state index in [4.69, 9.17) is 10.00 Å². The fourth-order valence-corrected chi connectivity index (χ4v) is 1.65. The van der Waals surface area contributed by atoms with Crippen LogP contribution < -0.4 is 4.74 Å². The average Bonchev–Trinajstić information content (AvgIpc) is 2.97. The molecule has 0 N–H and O–H groups in total. The van der Waals surface area contributed by atoms with Crippen LogP contribution in [0.1, 0.15) is 5.69 Å². The van der Waals surface area contributed by atoms with Crippen molar-refractivity contribution in [2.75, 3.05) is 0 Å². The van der Waals surface area contributed by atoms with Gasteiger partial charge < -0.3 is 4.74 Å². The van der Waals surface area contributed by atoms with E-state index >= 15 is 0 Å². The van der Waals surface area contributed by atoms with Crippen molar-refractivity contribution in [1.82, 2.24) is 19.7 Å². The maximum absolute atomic E-state index is 8.94. The van der Waals surface area contributed by atoms with Crippen molar-refractivity contribution >= 4 is 0 Å². The van der Waals surface area contributed by atoms with Crippen LogP contribution in [0.3, 0.4) is 0 Å². The van der Waals surface area contributed by atoms with Gasteiger partial charge in [-0.25, -0.2) is 9.67 Å². The molecule has 6 nitrogen and oxygen atoms in total. The molecule has 3 aromatic rings. The first-order valence-electron chi connectivity index (χ1n) is 5.87. The van der Waals surface area contributed by atoms with E-state index in [0.29, 0.717) is 5.75 Å². The van der Waals surface area contributed by atoms with Crippen LogP contribution in [0.25, 0.3) is 5.69 Å². The van der Waals surface area contributed by atoms with Gasteiger partial charge >= 0.3 is 6.01 Å². The third-order valence-corrected chi connectivity index (χ3v) is 2.57. The minimum absolute atomic E-state index is 0.165. The molecular weight excluding hydrogens is 254 g/mol. The average molecular weight is 263 g/mol. The number of ether oxygens (including phenoxy) is 1. The summed E-state index contributed by atoms with van der Waals surface area (Å²) in [5.41, 5.74) is 1.07. The Hall–Kier alpha value is -3.20. The molecule has 0 atom stereocenters. The van der Waals surface area contributed by atoms with Crippen molar-refractivity contribution < 1.29 is 4.74 Å². The van der Waals surface area contributed by atoms with Crippen LogP contribution >= 0.6 is 0 Å². The Labute approximate surface area is 114 Å². The fraction of sp³-hybridized carbons (Fsp3) is 0. The summed E-state index contributed by atoms with van der Waals surface area (Å²) in [6, 6.07) is 15.0. The predicted molar refractivity (Wildman–Crippen MR) is 70.4 cm³/mol. The maximum Gasteiger partial charge on any atom is 0.341 e. The minimum atomic E-state index is 0.165. The molecule has 0 aliphatic carbocycles. The number of nitrogens with zero attached hydrogens (tertiary/aromatic N) is 5. The lowest BCUT2D eigenvalue weighted by molar-refractivity contribution is 0.438. The van der Waals surface area contributed by atoms with E-state index in [2.05, 4.69) is 15.1 Å². The number of para-hydroxylation sites is 1. The van der Waals surface area contributed by atoms with Crippen LogP contribution in [0, 0.1) is 11.3 Å². The van der Waals surface area contributed by atoms with Gasteiger partial charge in [-0.3, -0.25) is 0 Å². The van der Waals surface area contributed by atoms with Crippen molar-refractivity contribution in [3.05, 3.63) is 60.7 Å². The van der Waals surface area contributed by atoms with Crippen LogP contribution in [-0.4, -0.2) is 19.7 Å². The zero-order valence-corrected chi connectivity index (χ0v) is 10.3. The van der Waals surface area contributed by atoms with E-state index in [1.807, 2.05) is 36.4 Å². The van der Waals surface area contributed by atoms with Gasteiger partial charge in [0.15, 0.2) is 11.4 Å². The van der Waals surface area contributed by atoms with E-state index in [0.717, 1.165) is 5.69 Å². The van der Waals surface area contributed by atoms with Crippen LogP contribution in [0.15, 0.2) is 55.0 Å². The van der Waals surface area contributed by atoms with Crippen molar-refractivity contribution in [2.24, 2.45) is 0 Å². The lowest BCUT2D eigenvalue weighted by Crippen LogP contribution is -1.95. The molecule has 0 aliphatic heterocycles. The first-order valence-corrected chi connectivity index (χ1v) is 5.87. The van der Waals surface area contributed by atoms with Gasteiger partial charge in [-0.05, 0) is 24.3 Å². The Morgan fingerprint density at radius 3 is 2.70 bits per heavy atom. The number of hydrogen-bond donors (Lipinski definition) is 0. The molecule has 20 heavy (non-hydrogen) atoms. The number of benzene rings is 1. The second-order valence-corrected chi connectivity index (χ2v) is 3.87. The van der Waals surface area contributed by atoms with Gasteiger partial charge in [-0.2, -0.15) is 10.2 Å². The summed E-state index contributed by atoms with van der Waals surface area (Å²) in [6.07, 6.45) is 3.08. The molecule has 0 radical (unpaired) electrons. The molecule has 1 aromatic carbocycles. The normalized spacial score (nSPS) is 9.95. The molecule has 96 valence electrons. The lowest BCUT2D eigenvalue weighted by Gasteiger charge is -2.01. The van der Waals surface area contributed by atoms with Gasteiger partial charge in [0.1, 0.15) is 12.4 Å². The largest absolute Gasteiger partial charge is 0.420 e. The van der Waals surface area contributed by atoms with Crippen LogP contribution in [0.4, 0.5) is 0 Å². The summed E-state index contributed by atoms with van der Waals surface area (Å²) >= 11 is 0. The highest BCUT2D eigenvalue weighted by Crippen LogP contribution is 2.20. The van der Waals surface area contributed by atoms with Crippen LogP contribution in [0.5, 0.6) is 11.8 Å². The van der Waals surface area contributed by atoms with Crippen LogP contribution in [-0.2, 0) is 0 Å². The zero-order valence-electron chi connectivity index (χ0n) is 10.3. The highest BCUT2D eigenvalue weighted by atomic mass is 16.5. The third-order valence-electron chi connectivity index (χ3n) is 2.57. The fourth-order valence-electron chi connectivity index (χ4n) is 1.65. The Bertz CT molecular complexity index is 760. The van der Waals surface area contributed by atoms with Crippen LogP contribution in [0.2, 0.25) is 0 Å². The number of rotatable bonds is 3. The molecule has 0 saturated heterocycles. The molecule has 0 unspecified atom stereocenters. The Morgan fingerprint density at radius 1 is 1.05 bits per heavy atom. The summed E-state index contributed by atoms with van der Waals surface area (Å²) in [6.45, 7) is 0. The molecule has 3 rings (SSSR count). The first kappa shape index (κ1) is 11.9. The quantitative estimate of drug-likeness (QED) is 0.724. The van der Waals surface area contributed by atoms with Gasteiger partial charge in [0, 0.05) is 6.20 Å². The van der Waals surface area contributed by atoms with E-state index in [9.17, 15) is 0 Å². The first-order chi connectivity index (χ1) is 9.86. The highest BCUT2D eigenvalue weighted by molar-refractivity contribution is 5.38. The third kappa shape index (κ3) is 2.33. The van der Waals surface area contributed by atoms with Crippen molar-refractivity contribution in [2.45, 2.75) is 0 Å². The monoisotopic (exact) mass is 263 g/mol. The van der Waals surface area contributed by atoms with Crippen molar-refractivity contribution in [3.8, 4) is 23.5 Å². The molecule has 0 amide bonds. The minimum Gasteiger partial charge on any atom is -0.420 e.